The molecule has 108 valence electrons. The summed E-state index contributed by atoms with van der Waals surface area (Å²) in [7, 11) is 0. The molecule has 0 unspecified atom stereocenters. The smallest absolute Gasteiger partial charge is 0.228 e. The molecule has 1 fully saturated rings. The molecule has 0 saturated heterocycles. The Morgan fingerprint density at radius 3 is 2.89 bits per heavy atom. The maximum atomic E-state index is 11.7. The Hall–Kier alpha value is -1.14. The second kappa shape index (κ2) is 7.45. The number of nitrogens with two attached hydrogens (primary N) is 1. The third-order valence-electron chi connectivity index (χ3n) is 3.40. The van der Waals surface area contributed by atoms with Crippen molar-refractivity contribution in [3.8, 4) is 0 Å². The zero-order valence-corrected chi connectivity index (χ0v) is 11.9. The largest absolute Gasteiger partial charge is 0.356 e. The van der Waals surface area contributed by atoms with Crippen molar-refractivity contribution < 1.29 is 9.32 Å². The van der Waals surface area contributed by atoms with Crippen molar-refractivity contribution in [1.82, 2.24) is 15.5 Å². The van der Waals surface area contributed by atoms with Gasteiger partial charge >= 0.3 is 0 Å². The molecule has 0 radical (unpaired) electrons. The molecule has 1 amide bonds. The summed E-state index contributed by atoms with van der Waals surface area (Å²) in [5, 5.41) is 6.56. The monoisotopic (exact) mass is 288 g/mol. The van der Waals surface area contributed by atoms with E-state index in [4.69, 9.17) is 10.3 Å². The van der Waals surface area contributed by atoms with Gasteiger partial charge in [-0.3, -0.25) is 4.79 Å². The van der Waals surface area contributed by atoms with Crippen molar-refractivity contribution in [2.75, 3.05) is 6.54 Å². The Morgan fingerprint density at radius 2 is 2.32 bits per heavy atom. The molecule has 6 nitrogen and oxygen atoms in total. The molecule has 1 aliphatic rings. The van der Waals surface area contributed by atoms with Gasteiger partial charge < -0.3 is 15.6 Å². The van der Waals surface area contributed by atoms with Crippen LogP contribution in [0.2, 0.25) is 0 Å². The summed E-state index contributed by atoms with van der Waals surface area (Å²) in [5.41, 5.74) is 5.94. The van der Waals surface area contributed by atoms with E-state index < -0.39 is 0 Å². The van der Waals surface area contributed by atoms with Gasteiger partial charge in [0.1, 0.15) is 0 Å². The molecule has 2 rings (SSSR count). The lowest BCUT2D eigenvalue weighted by Gasteiger charge is -2.14. The lowest BCUT2D eigenvalue weighted by atomic mass is 10.00. The van der Waals surface area contributed by atoms with Crippen LogP contribution in [0.3, 0.4) is 0 Å². The van der Waals surface area contributed by atoms with E-state index in [0.717, 1.165) is 19.3 Å². The summed E-state index contributed by atoms with van der Waals surface area (Å²) in [4.78, 5) is 15.8. The average molecular weight is 289 g/mol. The maximum absolute atomic E-state index is 11.7. The molecule has 7 heteroatoms. The Morgan fingerprint density at radius 1 is 1.53 bits per heavy atom. The minimum atomic E-state index is 0. The van der Waals surface area contributed by atoms with Gasteiger partial charge in [-0.2, -0.15) is 4.98 Å². The fourth-order valence-corrected chi connectivity index (χ4v) is 2.38. The van der Waals surface area contributed by atoms with Crippen LogP contribution in [0.25, 0.3) is 0 Å². The molecule has 1 saturated carbocycles. The van der Waals surface area contributed by atoms with Gasteiger partial charge in [-0.1, -0.05) is 11.6 Å². The molecule has 1 aliphatic carbocycles. The first-order valence-corrected chi connectivity index (χ1v) is 6.46. The second-order valence-corrected chi connectivity index (χ2v) is 4.89. The van der Waals surface area contributed by atoms with E-state index in [2.05, 4.69) is 15.5 Å². The molecule has 0 aliphatic heterocycles. The molecule has 3 N–H and O–H groups in total. The minimum absolute atomic E-state index is 0. The summed E-state index contributed by atoms with van der Waals surface area (Å²) >= 11 is 0. The number of carbonyl (C=O) groups excluding carboxylic acids is 1. The number of rotatable bonds is 5. The second-order valence-electron chi connectivity index (χ2n) is 4.89. The predicted octanol–water partition coefficient (Wildman–Crippen LogP) is 0.976. The maximum Gasteiger partial charge on any atom is 0.228 e. The number of halogens is 1. The van der Waals surface area contributed by atoms with Crippen LogP contribution in [0.5, 0.6) is 0 Å². The van der Waals surface area contributed by atoms with Crippen LogP contribution >= 0.6 is 12.4 Å². The first kappa shape index (κ1) is 15.9. The van der Waals surface area contributed by atoms with E-state index in [0.29, 0.717) is 37.0 Å². The van der Waals surface area contributed by atoms with Gasteiger partial charge in [-0.05, 0) is 25.7 Å². The van der Waals surface area contributed by atoms with Gasteiger partial charge in [-0.15, -0.1) is 12.4 Å². The average Bonchev–Trinajstić information content (AvgIpc) is 2.89. The van der Waals surface area contributed by atoms with Crippen molar-refractivity contribution in [3.05, 3.63) is 11.7 Å². The molecule has 1 heterocycles. The van der Waals surface area contributed by atoms with Gasteiger partial charge in [0.2, 0.25) is 11.8 Å². The van der Waals surface area contributed by atoms with Crippen LogP contribution in [0.4, 0.5) is 0 Å². The van der Waals surface area contributed by atoms with Crippen LogP contribution in [-0.2, 0) is 11.2 Å². The van der Waals surface area contributed by atoms with Crippen LogP contribution in [0, 0.1) is 12.8 Å². The summed E-state index contributed by atoms with van der Waals surface area (Å²) in [6.07, 6.45) is 4.35. The van der Waals surface area contributed by atoms with Gasteiger partial charge in [0, 0.05) is 25.4 Å². The number of aryl methyl sites for hydroxylation is 1. The summed E-state index contributed by atoms with van der Waals surface area (Å²) < 4.78 is 4.96. The lowest BCUT2D eigenvalue weighted by molar-refractivity contribution is -0.122. The fraction of sp³-hybridized carbons (Fsp3) is 0.750. The summed E-state index contributed by atoms with van der Waals surface area (Å²) in [5.74, 6) is 1.59. The summed E-state index contributed by atoms with van der Waals surface area (Å²) in [6.45, 7) is 2.30. The molecular formula is C12H21ClN4O2. The molecule has 0 bridgehead atoms. The van der Waals surface area contributed by atoms with Gasteiger partial charge in [-0.25, -0.2) is 0 Å². The molecular weight excluding hydrogens is 268 g/mol. The highest BCUT2D eigenvalue weighted by Gasteiger charge is 2.25. The highest BCUT2D eigenvalue weighted by Crippen LogP contribution is 2.26. The quantitative estimate of drug-likeness (QED) is 0.842. The lowest BCUT2D eigenvalue weighted by Crippen LogP contribution is -2.32. The van der Waals surface area contributed by atoms with Crippen molar-refractivity contribution in [2.45, 2.75) is 45.1 Å². The third-order valence-corrected chi connectivity index (χ3v) is 3.40. The summed E-state index contributed by atoms with van der Waals surface area (Å²) in [6, 6.07) is 0.189. The number of hydrogen-bond donors (Lipinski definition) is 2. The first-order chi connectivity index (χ1) is 8.65. The predicted molar refractivity (Wildman–Crippen MR) is 72.9 cm³/mol. The first-order valence-electron chi connectivity index (χ1n) is 6.46. The SMILES string of the molecule is Cc1noc(CCNC(=O)C[C@@H]2CCC[C@H]2N)n1.Cl. The van der Waals surface area contributed by atoms with E-state index >= 15 is 0 Å². The number of nitrogens with zero attached hydrogens (tertiary/aromatic N) is 2. The van der Waals surface area contributed by atoms with Gasteiger partial charge in [0.05, 0.1) is 0 Å². The van der Waals surface area contributed by atoms with Gasteiger partial charge in [0.25, 0.3) is 0 Å². The number of carbonyl (C=O) groups is 1. The highest BCUT2D eigenvalue weighted by molar-refractivity contribution is 5.85. The molecule has 19 heavy (non-hydrogen) atoms. The van der Waals surface area contributed by atoms with E-state index in [1.165, 1.54) is 0 Å². The molecule has 2 atom stereocenters. The number of aromatic nitrogens is 2. The normalized spacial score (nSPS) is 22.0. The minimum Gasteiger partial charge on any atom is -0.356 e. The van der Waals surface area contributed by atoms with Gasteiger partial charge in [0.15, 0.2) is 5.82 Å². The Kier molecular flexibility index (Phi) is 6.24. The standard InChI is InChI=1S/C12H20N4O2.ClH/c1-8-15-12(18-16-8)5-6-14-11(17)7-9-3-2-4-10(9)13;/h9-10H,2-7,13H2,1H3,(H,14,17);1H/t9-,10+;/m0./s1. The third kappa shape index (κ3) is 4.80. The zero-order chi connectivity index (χ0) is 13.0. The topological polar surface area (TPSA) is 94.0 Å². The van der Waals surface area contributed by atoms with Crippen molar-refractivity contribution in [2.24, 2.45) is 11.7 Å². The van der Waals surface area contributed by atoms with Crippen molar-refractivity contribution in [1.29, 1.82) is 0 Å². The van der Waals surface area contributed by atoms with Crippen LogP contribution in [-0.4, -0.2) is 28.6 Å². The molecule has 0 aromatic carbocycles. The van der Waals surface area contributed by atoms with E-state index in [-0.39, 0.29) is 24.4 Å². The Balaban J connectivity index is 0.00000180. The zero-order valence-electron chi connectivity index (χ0n) is 11.1. The Labute approximate surface area is 118 Å². The molecule has 1 aromatic heterocycles. The molecule has 0 spiro atoms. The van der Waals surface area contributed by atoms with Crippen LogP contribution in [0.15, 0.2) is 4.52 Å². The number of nitrogens with one attached hydrogen (secondary N) is 1. The van der Waals surface area contributed by atoms with E-state index in [9.17, 15) is 4.79 Å². The number of amides is 1. The van der Waals surface area contributed by atoms with Crippen molar-refractivity contribution in [3.63, 3.8) is 0 Å². The number of hydrogen-bond acceptors (Lipinski definition) is 5. The van der Waals surface area contributed by atoms with E-state index in [1.54, 1.807) is 6.92 Å². The Bertz CT molecular complexity index is 410. The highest BCUT2D eigenvalue weighted by atomic mass is 35.5. The molecule has 1 aromatic rings. The van der Waals surface area contributed by atoms with Crippen molar-refractivity contribution >= 4 is 18.3 Å². The van der Waals surface area contributed by atoms with Crippen LogP contribution < -0.4 is 11.1 Å². The van der Waals surface area contributed by atoms with E-state index in [1.807, 2.05) is 0 Å². The fourth-order valence-electron chi connectivity index (χ4n) is 2.38. The van der Waals surface area contributed by atoms with Crippen LogP contribution in [0.1, 0.15) is 37.4 Å².